The highest BCUT2D eigenvalue weighted by atomic mass is 19.3. The molecule has 120 valence electrons. The van der Waals surface area contributed by atoms with E-state index in [9.17, 15) is 18.0 Å². The van der Waals surface area contributed by atoms with Crippen molar-refractivity contribution < 1.29 is 22.7 Å². The Morgan fingerprint density at radius 2 is 1.91 bits per heavy atom. The van der Waals surface area contributed by atoms with Gasteiger partial charge in [0.2, 0.25) is 0 Å². The van der Waals surface area contributed by atoms with Gasteiger partial charge in [-0.15, -0.1) is 0 Å². The molecule has 0 aromatic heterocycles. The molecule has 0 N–H and O–H groups in total. The average molecular weight is 321 g/mol. The molecule has 2 aromatic rings. The predicted octanol–water partition coefficient (Wildman–Crippen LogP) is 3.89. The summed E-state index contributed by atoms with van der Waals surface area (Å²) in [6, 6.07) is 8.83. The van der Waals surface area contributed by atoms with Crippen LogP contribution in [0.15, 0.2) is 36.4 Å². The Morgan fingerprint density at radius 3 is 2.57 bits per heavy atom. The van der Waals surface area contributed by atoms with Crippen molar-refractivity contribution in [3.05, 3.63) is 64.5 Å². The molecule has 23 heavy (non-hydrogen) atoms. The predicted molar refractivity (Wildman–Crippen MR) is 77.8 cm³/mol. The summed E-state index contributed by atoms with van der Waals surface area (Å²) in [6.07, 6.45) is 0. The van der Waals surface area contributed by atoms with Crippen LogP contribution in [0.3, 0.4) is 0 Å². The molecule has 1 heterocycles. The average Bonchev–Trinajstić information content (AvgIpc) is 2.76. The van der Waals surface area contributed by atoms with Crippen LogP contribution in [0.2, 0.25) is 0 Å². The van der Waals surface area contributed by atoms with Crippen molar-refractivity contribution in [3.63, 3.8) is 0 Å². The topological polar surface area (TPSA) is 29.5 Å². The second-order valence-electron chi connectivity index (χ2n) is 5.44. The molecule has 1 aliphatic heterocycles. The van der Waals surface area contributed by atoms with Gasteiger partial charge < -0.3 is 9.64 Å². The van der Waals surface area contributed by atoms with E-state index in [4.69, 9.17) is 0 Å². The number of aryl methyl sites for hydroxylation is 1. The highest BCUT2D eigenvalue weighted by Gasteiger charge is 2.29. The summed E-state index contributed by atoms with van der Waals surface area (Å²) in [7, 11) is 0. The van der Waals surface area contributed by atoms with Crippen LogP contribution in [0.1, 0.15) is 27.0 Å². The number of benzene rings is 2. The van der Waals surface area contributed by atoms with E-state index in [1.807, 2.05) is 0 Å². The molecule has 0 bridgehead atoms. The molecule has 6 heteroatoms. The zero-order valence-electron chi connectivity index (χ0n) is 12.4. The monoisotopic (exact) mass is 321 g/mol. The Kier molecular flexibility index (Phi) is 3.98. The molecule has 0 fully saturated rings. The van der Waals surface area contributed by atoms with Crippen LogP contribution >= 0.6 is 0 Å². The number of nitrogens with zero attached hydrogens (tertiary/aromatic N) is 1. The van der Waals surface area contributed by atoms with Crippen LogP contribution in [-0.4, -0.2) is 17.4 Å². The first-order chi connectivity index (χ1) is 10.9. The summed E-state index contributed by atoms with van der Waals surface area (Å²) in [5, 5.41) is 0. The van der Waals surface area contributed by atoms with E-state index in [0.717, 1.165) is 5.56 Å². The Balaban J connectivity index is 1.75. The number of fused-ring (bicyclic) bond motifs is 1. The van der Waals surface area contributed by atoms with Gasteiger partial charge in [0.05, 0.1) is 0 Å². The number of carbonyl (C=O) groups excluding carboxylic acids is 1. The summed E-state index contributed by atoms with van der Waals surface area (Å²) in [5.74, 6) is -0.437. The molecule has 3 rings (SSSR count). The zero-order chi connectivity index (χ0) is 16.6. The minimum Gasteiger partial charge on any atom is -0.435 e. The molecule has 0 saturated carbocycles. The van der Waals surface area contributed by atoms with E-state index in [1.165, 1.54) is 24.3 Å². The number of ether oxygens (including phenoxy) is 1. The van der Waals surface area contributed by atoms with Crippen LogP contribution < -0.4 is 4.74 Å². The van der Waals surface area contributed by atoms with Crippen LogP contribution in [0.5, 0.6) is 5.75 Å². The van der Waals surface area contributed by atoms with Crippen LogP contribution in [0.25, 0.3) is 0 Å². The molecule has 1 amide bonds. The number of carbonyl (C=O) groups is 1. The summed E-state index contributed by atoms with van der Waals surface area (Å²) in [4.78, 5) is 14.0. The van der Waals surface area contributed by atoms with Gasteiger partial charge in [0, 0.05) is 18.7 Å². The third-order valence-corrected chi connectivity index (χ3v) is 3.77. The quantitative estimate of drug-likeness (QED) is 0.855. The number of halogens is 3. The number of rotatable bonds is 4. The molecule has 0 atom stereocenters. The SMILES string of the molecule is Cc1cc(F)cc2c1C(=O)N(Cc1ccc(OC(F)F)cc1)C2. The minimum absolute atomic E-state index is 0.0673. The van der Waals surface area contributed by atoms with Crippen molar-refractivity contribution in [1.29, 1.82) is 0 Å². The molecule has 0 aliphatic carbocycles. The number of alkyl halides is 2. The van der Waals surface area contributed by atoms with Crippen molar-refractivity contribution in [1.82, 2.24) is 4.90 Å². The summed E-state index contributed by atoms with van der Waals surface area (Å²) in [6.45, 7) is -0.501. The van der Waals surface area contributed by atoms with Crippen LogP contribution in [-0.2, 0) is 13.1 Å². The number of hydrogen-bond acceptors (Lipinski definition) is 2. The third kappa shape index (κ3) is 3.16. The molecule has 0 spiro atoms. The number of hydrogen-bond donors (Lipinski definition) is 0. The lowest BCUT2D eigenvalue weighted by Crippen LogP contribution is -2.23. The molecule has 0 radical (unpaired) electrons. The van der Waals surface area contributed by atoms with Gasteiger partial charge in [-0.25, -0.2) is 4.39 Å². The summed E-state index contributed by atoms with van der Waals surface area (Å²) >= 11 is 0. The van der Waals surface area contributed by atoms with Crippen molar-refractivity contribution in [2.45, 2.75) is 26.6 Å². The van der Waals surface area contributed by atoms with Gasteiger partial charge in [-0.05, 0) is 47.9 Å². The van der Waals surface area contributed by atoms with Crippen molar-refractivity contribution in [2.24, 2.45) is 0 Å². The van der Waals surface area contributed by atoms with E-state index in [-0.39, 0.29) is 17.5 Å². The first-order valence-electron chi connectivity index (χ1n) is 7.06. The van der Waals surface area contributed by atoms with Crippen molar-refractivity contribution >= 4 is 5.91 Å². The lowest BCUT2D eigenvalue weighted by Gasteiger charge is -2.16. The van der Waals surface area contributed by atoms with Crippen LogP contribution in [0, 0.1) is 12.7 Å². The Hall–Kier alpha value is -2.50. The molecule has 0 unspecified atom stereocenters. The van der Waals surface area contributed by atoms with E-state index >= 15 is 0 Å². The van der Waals surface area contributed by atoms with E-state index in [1.54, 1.807) is 24.0 Å². The fourth-order valence-corrected chi connectivity index (χ4v) is 2.80. The summed E-state index contributed by atoms with van der Waals surface area (Å²) in [5.41, 5.74) is 2.62. The zero-order valence-corrected chi connectivity index (χ0v) is 12.4. The largest absolute Gasteiger partial charge is 0.435 e. The normalized spacial score (nSPS) is 13.6. The highest BCUT2D eigenvalue weighted by Crippen LogP contribution is 2.28. The van der Waals surface area contributed by atoms with Gasteiger partial charge in [0.15, 0.2) is 0 Å². The Morgan fingerprint density at radius 1 is 1.22 bits per heavy atom. The molecule has 0 saturated heterocycles. The first kappa shape index (κ1) is 15.4. The molecular formula is C17H14F3NO2. The maximum Gasteiger partial charge on any atom is 0.387 e. The molecular weight excluding hydrogens is 307 g/mol. The van der Waals surface area contributed by atoms with Crippen molar-refractivity contribution in [3.8, 4) is 5.75 Å². The summed E-state index contributed by atoms with van der Waals surface area (Å²) < 4.78 is 42.0. The van der Waals surface area contributed by atoms with E-state index in [0.29, 0.717) is 29.8 Å². The molecule has 3 nitrogen and oxygen atoms in total. The van der Waals surface area contributed by atoms with E-state index < -0.39 is 6.61 Å². The third-order valence-electron chi connectivity index (χ3n) is 3.77. The smallest absolute Gasteiger partial charge is 0.387 e. The Labute approximate surface area is 131 Å². The first-order valence-corrected chi connectivity index (χ1v) is 7.06. The van der Waals surface area contributed by atoms with Gasteiger partial charge in [0.25, 0.3) is 5.91 Å². The fourth-order valence-electron chi connectivity index (χ4n) is 2.80. The second-order valence-corrected chi connectivity index (χ2v) is 5.44. The van der Waals surface area contributed by atoms with Gasteiger partial charge in [-0.1, -0.05) is 12.1 Å². The van der Waals surface area contributed by atoms with Gasteiger partial charge in [0.1, 0.15) is 11.6 Å². The van der Waals surface area contributed by atoms with E-state index in [2.05, 4.69) is 4.74 Å². The minimum atomic E-state index is -2.87. The second kappa shape index (κ2) is 5.95. The molecule has 2 aromatic carbocycles. The standard InChI is InChI=1S/C17H14F3NO2/c1-10-6-13(18)7-12-9-21(16(22)15(10)12)8-11-2-4-14(5-3-11)23-17(19)20/h2-7,17H,8-9H2,1H3. The van der Waals surface area contributed by atoms with Gasteiger partial charge in [-0.3, -0.25) is 4.79 Å². The van der Waals surface area contributed by atoms with Crippen molar-refractivity contribution in [2.75, 3.05) is 0 Å². The lowest BCUT2D eigenvalue weighted by atomic mass is 10.0. The maximum absolute atomic E-state index is 13.4. The maximum atomic E-state index is 13.4. The number of amides is 1. The Bertz CT molecular complexity index is 744. The lowest BCUT2D eigenvalue weighted by molar-refractivity contribution is -0.0498. The van der Waals surface area contributed by atoms with Gasteiger partial charge >= 0.3 is 6.61 Å². The van der Waals surface area contributed by atoms with Gasteiger partial charge in [-0.2, -0.15) is 8.78 Å². The van der Waals surface area contributed by atoms with Crippen LogP contribution in [0.4, 0.5) is 13.2 Å². The fraction of sp³-hybridized carbons (Fsp3) is 0.235. The highest BCUT2D eigenvalue weighted by molar-refractivity contribution is 5.99. The molecule has 1 aliphatic rings.